The Labute approximate surface area is 175 Å². The molecule has 0 spiro atoms. The normalized spacial score (nSPS) is 14.8. The maximum atomic E-state index is 12.6. The van der Waals surface area contributed by atoms with Crippen LogP contribution in [0.15, 0.2) is 29.6 Å². The molecule has 1 aliphatic carbocycles. The molecule has 2 heterocycles. The number of amides is 1. The number of halogens is 2. The molecule has 2 aromatic heterocycles. The second kappa shape index (κ2) is 7.95. The number of benzene rings is 1. The van der Waals surface area contributed by atoms with Crippen LogP contribution >= 0.6 is 46.3 Å². The highest BCUT2D eigenvalue weighted by Gasteiger charge is 2.23. The summed E-state index contributed by atoms with van der Waals surface area (Å²) in [7, 11) is 0. The van der Waals surface area contributed by atoms with Crippen molar-refractivity contribution >= 4 is 68.1 Å². The van der Waals surface area contributed by atoms with E-state index in [-0.39, 0.29) is 11.2 Å². The molecule has 4 rings (SSSR count). The monoisotopic (exact) mass is 437 g/mol. The lowest BCUT2D eigenvalue weighted by Crippen LogP contribution is -2.22. The molecule has 0 saturated heterocycles. The number of aryl methyl sites for hydroxylation is 2. The second-order valence-corrected chi connectivity index (χ2v) is 9.76. The van der Waals surface area contributed by atoms with Gasteiger partial charge in [0, 0.05) is 26.0 Å². The van der Waals surface area contributed by atoms with Crippen LogP contribution < -0.4 is 5.32 Å². The van der Waals surface area contributed by atoms with Crippen LogP contribution in [0.3, 0.4) is 0 Å². The van der Waals surface area contributed by atoms with Crippen molar-refractivity contribution in [2.45, 2.75) is 42.9 Å². The number of thiophene rings is 1. The number of rotatable bonds is 4. The molecular weight excluding hydrogens is 421 g/mol. The van der Waals surface area contributed by atoms with Gasteiger partial charge in [0.15, 0.2) is 0 Å². The summed E-state index contributed by atoms with van der Waals surface area (Å²) in [6.45, 7) is 1.87. The lowest BCUT2D eigenvalue weighted by Gasteiger charge is -2.14. The van der Waals surface area contributed by atoms with Gasteiger partial charge in [0.1, 0.15) is 16.2 Å². The number of nitrogens with zero attached hydrogens (tertiary/aromatic N) is 2. The predicted molar refractivity (Wildman–Crippen MR) is 114 cm³/mol. The first-order valence-corrected chi connectivity index (χ1v) is 11.2. The van der Waals surface area contributed by atoms with Crippen LogP contribution in [0.1, 0.15) is 30.2 Å². The first kappa shape index (κ1) is 19.0. The van der Waals surface area contributed by atoms with Gasteiger partial charge in [-0.15, -0.1) is 11.3 Å². The van der Waals surface area contributed by atoms with E-state index in [1.807, 2.05) is 6.92 Å². The van der Waals surface area contributed by atoms with Gasteiger partial charge >= 0.3 is 0 Å². The van der Waals surface area contributed by atoms with Crippen molar-refractivity contribution in [3.05, 3.63) is 45.0 Å². The van der Waals surface area contributed by atoms with Crippen molar-refractivity contribution in [3.8, 4) is 0 Å². The first-order valence-electron chi connectivity index (χ1n) is 8.70. The topological polar surface area (TPSA) is 54.9 Å². The Bertz CT molecular complexity index is 1000. The van der Waals surface area contributed by atoms with Crippen molar-refractivity contribution < 1.29 is 4.79 Å². The molecule has 8 heteroatoms. The fourth-order valence-corrected chi connectivity index (χ4v) is 6.01. The Hall–Kier alpha value is -1.34. The van der Waals surface area contributed by atoms with Gasteiger partial charge in [-0.3, -0.25) is 4.79 Å². The average molecular weight is 438 g/mol. The van der Waals surface area contributed by atoms with E-state index in [9.17, 15) is 4.79 Å². The predicted octanol–water partition coefficient (Wildman–Crippen LogP) is 6.00. The Morgan fingerprint density at radius 3 is 2.70 bits per heavy atom. The minimum Gasteiger partial charge on any atom is -0.325 e. The van der Waals surface area contributed by atoms with Gasteiger partial charge in [-0.2, -0.15) is 0 Å². The molecule has 1 amide bonds. The summed E-state index contributed by atoms with van der Waals surface area (Å²) < 4.78 is 0. The first-order chi connectivity index (χ1) is 13.0. The zero-order valence-corrected chi connectivity index (χ0v) is 17.7. The fourth-order valence-electron chi connectivity index (χ4n) is 3.24. The van der Waals surface area contributed by atoms with Crippen molar-refractivity contribution in [3.63, 3.8) is 0 Å². The molecule has 1 atom stereocenters. The maximum Gasteiger partial charge on any atom is 0.237 e. The van der Waals surface area contributed by atoms with Crippen molar-refractivity contribution in [2.24, 2.45) is 0 Å². The summed E-state index contributed by atoms with van der Waals surface area (Å²) in [5, 5.41) is 5.54. The van der Waals surface area contributed by atoms with E-state index in [1.54, 1.807) is 35.9 Å². The average Bonchev–Trinajstić information content (AvgIpc) is 3.00. The molecule has 0 radical (unpaired) electrons. The molecule has 140 valence electrons. The number of hydrogen-bond donors (Lipinski definition) is 1. The number of anilines is 1. The van der Waals surface area contributed by atoms with Crippen LogP contribution in [0.25, 0.3) is 10.2 Å². The molecule has 0 bridgehead atoms. The Morgan fingerprint density at radius 2 is 1.93 bits per heavy atom. The van der Waals surface area contributed by atoms with Crippen molar-refractivity contribution in [1.82, 2.24) is 9.97 Å². The van der Waals surface area contributed by atoms with Gasteiger partial charge in [-0.05, 0) is 56.4 Å². The second-order valence-electron chi connectivity index (χ2n) is 6.48. The van der Waals surface area contributed by atoms with E-state index in [4.69, 9.17) is 23.2 Å². The summed E-state index contributed by atoms with van der Waals surface area (Å²) in [4.78, 5) is 24.0. The minimum absolute atomic E-state index is 0.116. The summed E-state index contributed by atoms with van der Waals surface area (Å²) >= 11 is 15.2. The third-order valence-corrected chi connectivity index (χ3v) is 7.24. The Balaban J connectivity index is 1.56. The zero-order valence-electron chi connectivity index (χ0n) is 14.6. The quantitative estimate of drug-likeness (QED) is 0.401. The molecule has 3 aromatic rings. The highest BCUT2D eigenvalue weighted by molar-refractivity contribution is 8.00. The van der Waals surface area contributed by atoms with Crippen LogP contribution in [0.2, 0.25) is 10.0 Å². The molecule has 0 saturated carbocycles. The van der Waals surface area contributed by atoms with Gasteiger partial charge in [-0.25, -0.2) is 9.97 Å². The number of carbonyl (C=O) groups is 1. The molecule has 0 fully saturated rings. The highest BCUT2D eigenvalue weighted by atomic mass is 35.5. The molecule has 1 aliphatic rings. The van der Waals surface area contributed by atoms with Gasteiger partial charge in [-0.1, -0.05) is 35.0 Å². The Morgan fingerprint density at radius 1 is 1.19 bits per heavy atom. The van der Waals surface area contributed by atoms with Crippen molar-refractivity contribution in [1.29, 1.82) is 0 Å². The molecule has 0 aliphatic heterocycles. The summed E-state index contributed by atoms with van der Waals surface area (Å²) in [6, 6.07) is 5.00. The van der Waals surface area contributed by atoms with Crippen LogP contribution in [0.5, 0.6) is 0 Å². The molecule has 1 N–H and O–H groups in total. The van der Waals surface area contributed by atoms with Crippen LogP contribution in [-0.2, 0) is 17.6 Å². The minimum atomic E-state index is -0.319. The van der Waals surface area contributed by atoms with E-state index < -0.39 is 0 Å². The van der Waals surface area contributed by atoms with Gasteiger partial charge in [0.25, 0.3) is 0 Å². The number of fused-ring (bicyclic) bond motifs is 3. The smallest absolute Gasteiger partial charge is 0.237 e. The third kappa shape index (κ3) is 4.09. The number of carbonyl (C=O) groups excluding carboxylic acids is 1. The van der Waals surface area contributed by atoms with Gasteiger partial charge in [0.2, 0.25) is 5.91 Å². The fraction of sp³-hybridized carbons (Fsp3) is 0.316. The molecule has 27 heavy (non-hydrogen) atoms. The lowest BCUT2D eigenvalue weighted by molar-refractivity contribution is -0.115. The summed E-state index contributed by atoms with van der Waals surface area (Å²) in [6.07, 6.45) is 6.21. The standard InChI is InChI=1S/C19H17Cl2N3OS2/c1-10(17(25)24-13-7-11(20)6-12(21)8-13)26-18-16-14-4-2-3-5-15(14)27-19(16)23-9-22-18/h6-10H,2-5H2,1H3,(H,24,25). The number of thioether (sulfide) groups is 1. The van der Waals surface area contributed by atoms with Crippen molar-refractivity contribution in [2.75, 3.05) is 5.32 Å². The lowest BCUT2D eigenvalue weighted by atomic mass is 9.97. The zero-order chi connectivity index (χ0) is 19.0. The number of hydrogen-bond acceptors (Lipinski definition) is 5. The van der Waals surface area contributed by atoms with E-state index in [2.05, 4.69) is 15.3 Å². The molecular formula is C19H17Cl2N3OS2. The third-order valence-electron chi connectivity index (χ3n) is 4.50. The van der Waals surface area contributed by atoms with Gasteiger partial charge < -0.3 is 5.32 Å². The van der Waals surface area contributed by atoms with Crippen LogP contribution in [0, 0.1) is 0 Å². The van der Waals surface area contributed by atoms with E-state index in [1.165, 1.54) is 35.0 Å². The maximum absolute atomic E-state index is 12.6. The number of nitrogens with one attached hydrogen (secondary N) is 1. The van der Waals surface area contributed by atoms with Crippen LogP contribution in [-0.4, -0.2) is 21.1 Å². The van der Waals surface area contributed by atoms with E-state index in [0.29, 0.717) is 15.7 Å². The Kier molecular flexibility index (Phi) is 5.60. The highest BCUT2D eigenvalue weighted by Crippen LogP contribution is 2.40. The number of aromatic nitrogens is 2. The summed E-state index contributed by atoms with van der Waals surface area (Å²) in [5.41, 5.74) is 1.96. The summed E-state index contributed by atoms with van der Waals surface area (Å²) in [5.74, 6) is -0.116. The molecule has 1 unspecified atom stereocenters. The van der Waals surface area contributed by atoms with E-state index in [0.717, 1.165) is 28.1 Å². The van der Waals surface area contributed by atoms with E-state index >= 15 is 0 Å². The molecule has 4 nitrogen and oxygen atoms in total. The van der Waals surface area contributed by atoms with Crippen LogP contribution in [0.4, 0.5) is 5.69 Å². The largest absolute Gasteiger partial charge is 0.325 e. The SMILES string of the molecule is CC(Sc1ncnc2sc3c(c12)CCCC3)C(=O)Nc1cc(Cl)cc(Cl)c1. The molecule has 1 aromatic carbocycles. The van der Waals surface area contributed by atoms with Gasteiger partial charge in [0.05, 0.1) is 5.25 Å².